The second-order valence-corrected chi connectivity index (χ2v) is 4.77. The van der Waals surface area contributed by atoms with E-state index in [1.54, 1.807) is 0 Å². The summed E-state index contributed by atoms with van der Waals surface area (Å²) in [6.07, 6.45) is 2.36. The largest absolute Gasteiger partial charge is 0.394 e. The van der Waals surface area contributed by atoms with Crippen molar-refractivity contribution in [2.24, 2.45) is 0 Å². The summed E-state index contributed by atoms with van der Waals surface area (Å²) in [5.74, 6) is 1.86. The molecule has 1 aromatic rings. The molecule has 0 radical (unpaired) electrons. The van der Waals surface area contributed by atoms with Crippen LogP contribution in [0.1, 0.15) is 19.8 Å². The molecule has 2 rings (SSSR count). The zero-order chi connectivity index (χ0) is 14.9. The summed E-state index contributed by atoms with van der Waals surface area (Å²) in [6, 6.07) is 0. The molecule has 0 amide bonds. The molecule has 0 spiro atoms. The topological polar surface area (TPSA) is 95.4 Å². The van der Waals surface area contributed by atoms with Crippen LogP contribution in [0.15, 0.2) is 0 Å². The fourth-order valence-electron chi connectivity index (χ4n) is 2.14. The fraction of sp³-hybridized carbons (Fsp3) is 0.769. The first-order valence-electron chi connectivity index (χ1n) is 7.51. The van der Waals surface area contributed by atoms with Gasteiger partial charge in [-0.25, -0.2) is 0 Å². The van der Waals surface area contributed by atoms with Crippen molar-refractivity contribution in [3.05, 3.63) is 0 Å². The lowest BCUT2D eigenvalue weighted by molar-refractivity contribution is 0.0991. The number of aliphatic hydroxyl groups is 1. The number of hydrogen-bond acceptors (Lipinski definition) is 8. The van der Waals surface area contributed by atoms with Crippen LogP contribution in [0.4, 0.5) is 17.8 Å². The van der Waals surface area contributed by atoms with Crippen LogP contribution in [0, 0.1) is 0 Å². The Kier molecular flexibility index (Phi) is 6.42. The molecule has 3 N–H and O–H groups in total. The molecule has 8 nitrogen and oxygen atoms in total. The molecule has 0 atom stereocenters. The van der Waals surface area contributed by atoms with Crippen LogP contribution in [-0.2, 0) is 4.74 Å². The summed E-state index contributed by atoms with van der Waals surface area (Å²) in [6.45, 7) is 6.24. The van der Waals surface area contributed by atoms with E-state index in [2.05, 4.69) is 30.5 Å². The minimum absolute atomic E-state index is 0.0371. The number of aromatic nitrogens is 3. The van der Waals surface area contributed by atoms with Crippen LogP contribution >= 0.6 is 0 Å². The van der Waals surface area contributed by atoms with Crippen LogP contribution < -0.4 is 15.5 Å². The molecule has 1 aliphatic heterocycles. The molecule has 2 heterocycles. The molecule has 118 valence electrons. The third-order valence-electron chi connectivity index (χ3n) is 3.11. The normalized spacial score (nSPS) is 14.5. The van der Waals surface area contributed by atoms with Crippen molar-refractivity contribution in [1.29, 1.82) is 0 Å². The van der Waals surface area contributed by atoms with Crippen LogP contribution in [0.5, 0.6) is 0 Å². The summed E-state index contributed by atoms with van der Waals surface area (Å²) in [7, 11) is 0. The maximum atomic E-state index is 8.64. The Balaban J connectivity index is 1.97. The molecule has 1 aliphatic rings. The first-order chi connectivity index (χ1) is 10.3. The van der Waals surface area contributed by atoms with E-state index in [9.17, 15) is 0 Å². The molecule has 21 heavy (non-hydrogen) atoms. The highest BCUT2D eigenvalue weighted by atomic mass is 16.5. The number of ether oxygens (including phenoxy) is 1. The highest BCUT2D eigenvalue weighted by molar-refractivity contribution is 5.44. The lowest BCUT2D eigenvalue weighted by Gasteiger charge is -2.17. The van der Waals surface area contributed by atoms with Crippen molar-refractivity contribution in [2.75, 3.05) is 61.5 Å². The average Bonchev–Trinajstić information content (AvgIpc) is 3.01. The number of aliphatic hydroxyl groups excluding tert-OH is 1. The lowest BCUT2D eigenvalue weighted by Crippen LogP contribution is -2.23. The Labute approximate surface area is 125 Å². The smallest absolute Gasteiger partial charge is 0.231 e. The van der Waals surface area contributed by atoms with Crippen molar-refractivity contribution in [2.45, 2.75) is 19.8 Å². The molecule has 8 heteroatoms. The minimum atomic E-state index is 0.0371. The molecular formula is C13H24N6O2. The Morgan fingerprint density at radius 2 is 1.81 bits per heavy atom. The first kappa shape index (κ1) is 15.7. The predicted octanol–water partition coefficient (Wildman–Crippen LogP) is 0.324. The number of rotatable bonds is 9. The van der Waals surface area contributed by atoms with Gasteiger partial charge in [-0.2, -0.15) is 15.0 Å². The highest BCUT2D eigenvalue weighted by Crippen LogP contribution is 2.18. The van der Waals surface area contributed by atoms with Crippen molar-refractivity contribution in [1.82, 2.24) is 15.0 Å². The molecule has 0 bridgehead atoms. The number of hydrogen-bond donors (Lipinski definition) is 3. The van der Waals surface area contributed by atoms with E-state index in [-0.39, 0.29) is 6.61 Å². The maximum absolute atomic E-state index is 8.64. The van der Waals surface area contributed by atoms with Crippen molar-refractivity contribution >= 4 is 17.8 Å². The molecule has 0 aliphatic carbocycles. The second kappa shape index (κ2) is 8.58. The molecule has 0 saturated carbocycles. The molecule has 0 aromatic carbocycles. The number of nitrogens with zero attached hydrogens (tertiary/aromatic N) is 4. The van der Waals surface area contributed by atoms with Crippen molar-refractivity contribution < 1.29 is 9.84 Å². The Hall–Kier alpha value is -1.67. The van der Waals surface area contributed by atoms with Crippen molar-refractivity contribution in [3.8, 4) is 0 Å². The Morgan fingerprint density at radius 1 is 1.10 bits per heavy atom. The molecule has 1 aromatic heterocycles. The van der Waals surface area contributed by atoms with E-state index >= 15 is 0 Å². The Morgan fingerprint density at radius 3 is 2.48 bits per heavy atom. The van der Waals surface area contributed by atoms with Gasteiger partial charge in [0, 0.05) is 26.2 Å². The van der Waals surface area contributed by atoms with Gasteiger partial charge in [-0.1, -0.05) is 0 Å². The maximum Gasteiger partial charge on any atom is 0.231 e. The summed E-state index contributed by atoms with van der Waals surface area (Å²) >= 11 is 0. The van der Waals surface area contributed by atoms with Gasteiger partial charge < -0.3 is 25.4 Å². The SMILES string of the molecule is CCNc1nc(NCCOCCO)nc(N2CCCC2)n1. The first-order valence-corrected chi connectivity index (χ1v) is 7.51. The number of anilines is 3. The van der Waals surface area contributed by atoms with E-state index in [0.717, 1.165) is 25.6 Å². The third kappa shape index (κ3) is 4.98. The van der Waals surface area contributed by atoms with Gasteiger partial charge in [-0.05, 0) is 19.8 Å². The highest BCUT2D eigenvalue weighted by Gasteiger charge is 2.17. The summed E-state index contributed by atoms with van der Waals surface area (Å²) in [5.41, 5.74) is 0. The minimum Gasteiger partial charge on any atom is -0.394 e. The van der Waals surface area contributed by atoms with E-state index in [1.807, 2.05) is 6.92 Å². The van der Waals surface area contributed by atoms with Crippen LogP contribution in [0.2, 0.25) is 0 Å². The van der Waals surface area contributed by atoms with E-state index in [0.29, 0.717) is 31.7 Å². The van der Waals surface area contributed by atoms with Gasteiger partial charge >= 0.3 is 0 Å². The summed E-state index contributed by atoms with van der Waals surface area (Å²) in [4.78, 5) is 15.4. The summed E-state index contributed by atoms with van der Waals surface area (Å²) < 4.78 is 5.20. The molecule has 1 saturated heterocycles. The standard InChI is InChI=1S/C13H24N6O2/c1-2-14-11-16-12(15-5-9-21-10-8-20)18-13(17-11)19-6-3-4-7-19/h20H,2-10H2,1H3,(H2,14,15,16,17,18). The zero-order valence-electron chi connectivity index (χ0n) is 12.5. The van der Waals surface area contributed by atoms with Gasteiger partial charge in [0.1, 0.15) is 0 Å². The van der Waals surface area contributed by atoms with E-state index < -0.39 is 0 Å². The second-order valence-electron chi connectivity index (χ2n) is 4.77. The fourth-order valence-corrected chi connectivity index (χ4v) is 2.14. The Bertz CT molecular complexity index is 425. The van der Waals surface area contributed by atoms with Crippen LogP contribution in [0.25, 0.3) is 0 Å². The monoisotopic (exact) mass is 296 g/mol. The molecule has 1 fully saturated rings. The van der Waals surface area contributed by atoms with Gasteiger partial charge in [0.2, 0.25) is 17.8 Å². The quantitative estimate of drug-likeness (QED) is 0.561. The number of nitrogens with one attached hydrogen (secondary N) is 2. The molecular weight excluding hydrogens is 272 g/mol. The van der Waals surface area contributed by atoms with Crippen molar-refractivity contribution in [3.63, 3.8) is 0 Å². The van der Waals surface area contributed by atoms with Gasteiger partial charge in [0.15, 0.2) is 0 Å². The van der Waals surface area contributed by atoms with Gasteiger partial charge in [-0.3, -0.25) is 0 Å². The average molecular weight is 296 g/mol. The predicted molar refractivity (Wildman–Crippen MR) is 81.8 cm³/mol. The van der Waals surface area contributed by atoms with Crippen LogP contribution in [0.3, 0.4) is 0 Å². The summed E-state index contributed by atoms with van der Waals surface area (Å²) in [5, 5.41) is 14.9. The third-order valence-corrected chi connectivity index (χ3v) is 3.11. The van der Waals surface area contributed by atoms with Gasteiger partial charge in [0.05, 0.1) is 19.8 Å². The van der Waals surface area contributed by atoms with Gasteiger partial charge in [-0.15, -0.1) is 0 Å². The van der Waals surface area contributed by atoms with E-state index in [4.69, 9.17) is 9.84 Å². The zero-order valence-corrected chi connectivity index (χ0v) is 12.5. The van der Waals surface area contributed by atoms with Crippen LogP contribution in [-0.4, -0.2) is 66.1 Å². The lowest BCUT2D eigenvalue weighted by atomic mass is 10.4. The van der Waals surface area contributed by atoms with Gasteiger partial charge in [0.25, 0.3) is 0 Å². The molecule has 0 unspecified atom stereocenters. The van der Waals surface area contributed by atoms with E-state index in [1.165, 1.54) is 12.8 Å².